The van der Waals surface area contributed by atoms with Crippen LogP contribution in [0.4, 0.5) is 20.7 Å². The minimum absolute atomic E-state index is 0.00603. The van der Waals surface area contributed by atoms with Gasteiger partial charge in [0.2, 0.25) is 0 Å². The van der Waals surface area contributed by atoms with Gasteiger partial charge in [-0.15, -0.1) is 0 Å². The summed E-state index contributed by atoms with van der Waals surface area (Å²) in [5, 5.41) is 9.59. The van der Waals surface area contributed by atoms with Crippen LogP contribution in [0.3, 0.4) is 0 Å². The van der Waals surface area contributed by atoms with E-state index in [0.29, 0.717) is 11.5 Å². The fraction of sp³-hybridized carbons (Fsp3) is 0.190. The number of hydrogen-bond acceptors (Lipinski definition) is 3. The van der Waals surface area contributed by atoms with Gasteiger partial charge in [0.05, 0.1) is 11.6 Å². The molecule has 1 unspecified atom stereocenters. The smallest absolute Gasteiger partial charge is 0.324 e. The van der Waals surface area contributed by atoms with E-state index in [1.54, 1.807) is 16.9 Å². The Balaban J connectivity index is 1.67. The molecule has 1 atom stereocenters. The molecule has 0 bridgehead atoms. The van der Waals surface area contributed by atoms with Crippen LogP contribution in [0.5, 0.6) is 0 Å². The highest BCUT2D eigenvalue weighted by molar-refractivity contribution is 6.01. The Morgan fingerprint density at radius 3 is 2.48 bits per heavy atom. The summed E-state index contributed by atoms with van der Waals surface area (Å²) in [6.45, 7) is 2.01. The third-order valence-corrected chi connectivity index (χ3v) is 4.39. The largest absolute Gasteiger partial charge is 0.345 e. The average Bonchev–Trinajstić information content (AvgIpc) is 3.17. The van der Waals surface area contributed by atoms with Crippen LogP contribution in [0.2, 0.25) is 0 Å². The zero-order chi connectivity index (χ0) is 21.0. The van der Waals surface area contributed by atoms with Crippen molar-refractivity contribution in [2.24, 2.45) is 0 Å². The van der Waals surface area contributed by atoms with Crippen molar-refractivity contribution >= 4 is 23.4 Å². The molecular formula is C21H22FN5O2. The summed E-state index contributed by atoms with van der Waals surface area (Å²) in [4.78, 5) is 25.6. The molecule has 7 nitrogen and oxygen atoms in total. The standard InChI is InChI=1S/C21H22FN5O2/c1-14(15-7-5-4-6-8-15)27-12-11-19(25-27)24-21(29)23-16-9-10-18(22)17(13-16)20(28)26(2)3/h4-14H,1-3H3,(H2,23,24,25,29). The highest BCUT2D eigenvalue weighted by Crippen LogP contribution is 2.19. The predicted molar refractivity (Wildman–Crippen MR) is 110 cm³/mol. The van der Waals surface area contributed by atoms with Crippen molar-refractivity contribution in [3.05, 3.63) is 77.7 Å². The number of nitrogens with one attached hydrogen (secondary N) is 2. The molecule has 0 fully saturated rings. The molecule has 150 valence electrons. The quantitative estimate of drug-likeness (QED) is 0.686. The molecule has 0 radical (unpaired) electrons. The number of amides is 3. The predicted octanol–water partition coefficient (Wildman–Crippen LogP) is 3.98. The van der Waals surface area contributed by atoms with Crippen LogP contribution in [-0.2, 0) is 0 Å². The molecule has 0 aliphatic carbocycles. The lowest BCUT2D eigenvalue weighted by Crippen LogP contribution is -2.24. The molecule has 3 aromatic rings. The van der Waals surface area contributed by atoms with Crippen molar-refractivity contribution in [1.29, 1.82) is 0 Å². The first kappa shape index (κ1) is 20.1. The van der Waals surface area contributed by atoms with E-state index in [2.05, 4.69) is 15.7 Å². The SMILES string of the molecule is CC(c1ccccc1)n1ccc(NC(=O)Nc2ccc(F)c(C(=O)N(C)C)c2)n1. The summed E-state index contributed by atoms with van der Waals surface area (Å²) in [5.41, 5.74) is 1.27. The van der Waals surface area contributed by atoms with Crippen LogP contribution in [-0.4, -0.2) is 40.7 Å². The fourth-order valence-corrected chi connectivity index (χ4v) is 2.79. The molecule has 0 aliphatic rings. The van der Waals surface area contributed by atoms with Gasteiger partial charge in [0.15, 0.2) is 5.82 Å². The van der Waals surface area contributed by atoms with Gasteiger partial charge in [-0.25, -0.2) is 9.18 Å². The number of carbonyl (C=O) groups is 2. The van der Waals surface area contributed by atoms with Gasteiger partial charge in [-0.2, -0.15) is 5.10 Å². The second-order valence-electron chi connectivity index (χ2n) is 6.74. The van der Waals surface area contributed by atoms with E-state index in [-0.39, 0.29) is 11.6 Å². The Morgan fingerprint density at radius 1 is 1.07 bits per heavy atom. The van der Waals surface area contributed by atoms with Crippen molar-refractivity contribution in [2.75, 3.05) is 24.7 Å². The Morgan fingerprint density at radius 2 is 1.79 bits per heavy atom. The lowest BCUT2D eigenvalue weighted by atomic mass is 10.1. The maximum atomic E-state index is 13.9. The normalized spacial score (nSPS) is 11.6. The summed E-state index contributed by atoms with van der Waals surface area (Å²) < 4.78 is 15.6. The van der Waals surface area contributed by atoms with E-state index < -0.39 is 17.8 Å². The third-order valence-electron chi connectivity index (χ3n) is 4.39. The molecule has 0 aliphatic heterocycles. The summed E-state index contributed by atoms with van der Waals surface area (Å²) >= 11 is 0. The lowest BCUT2D eigenvalue weighted by molar-refractivity contribution is 0.0823. The molecule has 1 aromatic heterocycles. The summed E-state index contributed by atoms with van der Waals surface area (Å²) in [6.07, 6.45) is 1.78. The van der Waals surface area contributed by atoms with Crippen molar-refractivity contribution < 1.29 is 14.0 Å². The number of aromatic nitrogens is 2. The molecule has 3 rings (SSSR count). The maximum absolute atomic E-state index is 13.9. The van der Waals surface area contributed by atoms with Crippen molar-refractivity contribution in [3.63, 3.8) is 0 Å². The minimum atomic E-state index is -0.650. The van der Waals surface area contributed by atoms with Crippen molar-refractivity contribution in [3.8, 4) is 0 Å². The number of anilines is 2. The average molecular weight is 395 g/mol. The van der Waals surface area contributed by atoms with Gasteiger partial charge in [0.25, 0.3) is 5.91 Å². The maximum Gasteiger partial charge on any atom is 0.324 e. The topological polar surface area (TPSA) is 79.3 Å². The number of nitrogens with zero attached hydrogens (tertiary/aromatic N) is 3. The number of benzene rings is 2. The Bertz CT molecular complexity index is 1020. The monoisotopic (exact) mass is 395 g/mol. The minimum Gasteiger partial charge on any atom is -0.345 e. The number of carbonyl (C=O) groups excluding carboxylic acids is 2. The molecule has 0 saturated carbocycles. The van der Waals surface area contributed by atoms with E-state index >= 15 is 0 Å². The van der Waals surface area contributed by atoms with Crippen molar-refractivity contribution in [2.45, 2.75) is 13.0 Å². The molecule has 3 amide bonds. The van der Waals surface area contributed by atoms with Crippen LogP contribution in [0.15, 0.2) is 60.8 Å². The Kier molecular flexibility index (Phi) is 5.92. The van der Waals surface area contributed by atoms with Crippen LogP contribution >= 0.6 is 0 Å². The molecule has 8 heteroatoms. The molecule has 0 saturated heterocycles. The van der Waals surface area contributed by atoms with Gasteiger partial charge in [0, 0.05) is 32.0 Å². The Labute approximate surface area is 168 Å². The number of halogens is 1. The van der Waals surface area contributed by atoms with E-state index in [1.807, 2.05) is 37.3 Å². The third kappa shape index (κ3) is 4.78. The first-order valence-electron chi connectivity index (χ1n) is 9.04. The van der Waals surface area contributed by atoms with Gasteiger partial charge in [-0.05, 0) is 30.7 Å². The number of hydrogen-bond donors (Lipinski definition) is 2. The zero-order valence-corrected chi connectivity index (χ0v) is 16.4. The number of urea groups is 1. The first-order valence-corrected chi connectivity index (χ1v) is 9.04. The van der Waals surface area contributed by atoms with Gasteiger partial charge >= 0.3 is 6.03 Å². The molecule has 2 N–H and O–H groups in total. The molecular weight excluding hydrogens is 373 g/mol. The van der Waals surface area contributed by atoms with Crippen LogP contribution < -0.4 is 10.6 Å². The highest BCUT2D eigenvalue weighted by atomic mass is 19.1. The second-order valence-corrected chi connectivity index (χ2v) is 6.74. The van der Waals surface area contributed by atoms with E-state index in [4.69, 9.17) is 0 Å². The van der Waals surface area contributed by atoms with Gasteiger partial charge in [-0.1, -0.05) is 30.3 Å². The fourth-order valence-electron chi connectivity index (χ4n) is 2.79. The van der Waals surface area contributed by atoms with Gasteiger partial charge in [0.1, 0.15) is 5.82 Å². The molecule has 29 heavy (non-hydrogen) atoms. The van der Waals surface area contributed by atoms with Crippen LogP contribution in [0.25, 0.3) is 0 Å². The molecule has 2 aromatic carbocycles. The molecule has 1 heterocycles. The highest BCUT2D eigenvalue weighted by Gasteiger charge is 2.16. The Hall–Kier alpha value is -3.68. The van der Waals surface area contributed by atoms with Crippen LogP contribution in [0, 0.1) is 5.82 Å². The molecule has 0 spiro atoms. The second kappa shape index (κ2) is 8.55. The lowest BCUT2D eigenvalue weighted by Gasteiger charge is -2.13. The summed E-state index contributed by atoms with van der Waals surface area (Å²) in [7, 11) is 3.06. The van der Waals surface area contributed by atoms with E-state index in [0.717, 1.165) is 11.6 Å². The first-order chi connectivity index (χ1) is 13.8. The van der Waals surface area contributed by atoms with Crippen molar-refractivity contribution in [1.82, 2.24) is 14.7 Å². The van der Waals surface area contributed by atoms with Gasteiger partial charge in [-0.3, -0.25) is 14.8 Å². The number of rotatable bonds is 5. The van der Waals surface area contributed by atoms with E-state index in [1.165, 1.54) is 31.1 Å². The zero-order valence-electron chi connectivity index (χ0n) is 16.4. The summed E-state index contributed by atoms with van der Waals surface area (Å²) in [5.74, 6) is -0.763. The van der Waals surface area contributed by atoms with Gasteiger partial charge < -0.3 is 10.2 Å². The summed E-state index contributed by atoms with van der Waals surface area (Å²) in [6, 6.07) is 14.9. The van der Waals surface area contributed by atoms with E-state index in [9.17, 15) is 14.0 Å². The van der Waals surface area contributed by atoms with Crippen LogP contribution in [0.1, 0.15) is 28.9 Å².